The molecule has 0 spiro atoms. The summed E-state index contributed by atoms with van der Waals surface area (Å²) in [7, 11) is 1.62. The first-order chi connectivity index (χ1) is 14.0. The first-order valence-corrected chi connectivity index (χ1v) is 12.2. The van der Waals surface area contributed by atoms with Crippen molar-refractivity contribution >= 4 is 0 Å². The number of rotatable bonds is 4. The smallest absolute Gasteiger partial charge is 0.196 e. The molecule has 2 atom stereocenters. The Balaban J connectivity index is 0. The molecule has 0 N–H and O–H groups in total. The van der Waals surface area contributed by atoms with Crippen molar-refractivity contribution in [2.24, 2.45) is 16.7 Å². The van der Waals surface area contributed by atoms with Crippen molar-refractivity contribution in [1.82, 2.24) is 0 Å². The van der Waals surface area contributed by atoms with E-state index in [2.05, 4.69) is 48.5 Å². The molecule has 2 nitrogen and oxygen atoms in total. The van der Waals surface area contributed by atoms with Crippen molar-refractivity contribution in [1.29, 1.82) is 0 Å². The fourth-order valence-electron chi connectivity index (χ4n) is 3.02. The van der Waals surface area contributed by atoms with Crippen LogP contribution in [0.4, 0.5) is 0 Å². The third-order valence-corrected chi connectivity index (χ3v) is 5.27. The molecule has 1 fully saturated rings. The number of ether oxygens (including phenoxy) is 2. The molecule has 0 saturated heterocycles. The first kappa shape index (κ1) is 31.2. The SMILES string of the molecule is C1CCCCC1.CC.CC(CC(C)(C)C)C(C)(C)C.COC(C)Oc1ccccc1. The molecular weight excluding hydrogens is 368 g/mol. The molecule has 1 saturated carbocycles. The summed E-state index contributed by atoms with van der Waals surface area (Å²) in [6.07, 6.45) is 10.1. The number of hydrogen-bond donors (Lipinski definition) is 0. The van der Waals surface area contributed by atoms with Crippen molar-refractivity contribution in [3.8, 4) is 5.75 Å². The molecule has 2 unspecified atom stereocenters. The minimum Gasteiger partial charge on any atom is -0.465 e. The van der Waals surface area contributed by atoms with Gasteiger partial charge < -0.3 is 9.47 Å². The zero-order valence-electron chi connectivity index (χ0n) is 22.3. The van der Waals surface area contributed by atoms with Gasteiger partial charge >= 0.3 is 0 Å². The van der Waals surface area contributed by atoms with Crippen molar-refractivity contribution in [3.63, 3.8) is 0 Å². The normalized spacial score (nSPS) is 15.7. The van der Waals surface area contributed by atoms with Crippen LogP contribution in [0.15, 0.2) is 30.3 Å². The van der Waals surface area contributed by atoms with E-state index < -0.39 is 0 Å². The van der Waals surface area contributed by atoms with Crippen LogP contribution in [0, 0.1) is 16.7 Å². The van der Waals surface area contributed by atoms with Crippen LogP contribution >= 0.6 is 0 Å². The largest absolute Gasteiger partial charge is 0.465 e. The Morgan fingerprint density at radius 2 is 1.17 bits per heavy atom. The van der Waals surface area contributed by atoms with Gasteiger partial charge in [0.05, 0.1) is 0 Å². The topological polar surface area (TPSA) is 18.5 Å². The molecular formula is C28H54O2. The van der Waals surface area contributed by atoms with Crippen molar-refractivity contribution < 1.29 is 9.47 Å². The highest BCUT2D eigenvalue weighted by molar-refractivity contribution is 5.20. The van der Waals surface area contributed by atoms with Gasteiger partial charge in [-0.1, -0.05) is 119 Å². The van der Waals surface area contributed by atoms with Crippen LogP contribution in [0.2, 0.25) is 0 Å². The average Bonchev–Trinajstić information content (AvgIpc) is 2.70. The summed E-state index contributed by atoms with van der Waals surface area (Å²) in [5, 5.41) is 0. The maximum Gasteiger partial charge on any atom is 0.196 e. The van der Waals surface area contributed by atoms with Crippen molar-refractivity contribution in [2.75, 3.05) is 7.11 Å². The van der Waals surface area contributed by atoms with Crippen LogP contribution in [0.3, 0.4) is 0 Å². The van der Waals surface area contributed by atoms with Crippen LogP contribution in [0.25, 0.3) is 0 Å². The lowest BCUT2D eigenvalue weighted by atomic mass is 9.73. The van der Waals surface area contributed by atoms with E-state index in [1.807, 2.05) is 51.1 Å². The van der Waals surface area contributed by atoms with Gasteiger partial charge in [-0.25, -0.2) is 0 Å². The highest BCUT2D eigenvalue weighted by atomic mass is 16.7. The molecule has 1 aromatic carbocycles. The molecule has 30 heavy (non-hydrogen) atoms. The minimum atomic E-state index is -0.183. The van der Waals surface area contributed by atoms with E-state index in [0.717, 1.165) is 11.7 Å². The summed E-state index contributed by atoms with van der Waals surface area (Å²) in [4.78, 5) is 0. The zero-order chi connectivity index (χ0) is 23.6. The van der Waals surface area contributed by atoms with Crippen LogP contribution in [0.1, 0.15) is 114 Å². The van der Waals surface area contributed by atoms with Crippen molar-refractivity contribution in [3.05, 3.63) is 30.3 Å². The monoisotopic (exact) mass is 422 g/mol. The van der Waals surface area contributed by atoms with Gasteiger partial charge in [-0.2, -0.15) is 0 Å². The lowest BCUT2D eigenvalue weighted by molar-refractivity contribution is -0.0382. The summed E-state index contributed by atoms with van der Waals surface area (Å²) in [6.45, 7) is 22.1. The Bertz CT molecular complexity index is 452. The maximum atomic E-state index is 5.34. The van der Waals surface area contributed by atoms with E-state index in [1.165, 1.54) is 44.9 Å². The van der Waals surface area contributed by atoms with Gasteiger partial charge in [0.2, 0.25) is 0 Å². The molecule has 178 valence electrons. The molecule has 0 bridgehead atoms. The van der Waals surface area contributed by atoms with Gasteiger partial charge in [0.1, 0.15) is 5.75 Å². The Hall–Kier alpha value is -1.02. The Labute approximate surface area is 190 Å². The summed E-state index contributed by atoms with van der Waals surface area (Å²) < 4.78 is 10.3. The van der Waals surface area contributed by atoms with Gasteiger partial charge in [0, 0.05) is 7.11 Å². The number of para-hydroxylation sites is 1. The fourth-order valence-corrected chi connectivity index (χ4v) is 3.02. The number of hydrogen-bond acceptors (Lipinski definition) is 2. The molecule has 1 aliphatic rings. The van der Waals surface area contributed by atoms with Crippen LogP contribution in [-0.2, 0) is 4.74 Å². The Morgan fingerprint density at radius 1 is 0.767 bits per heavy atom. The molecule has 0 radical (unpaired) electrons. The summed E-state index contributed by atoms with van der Waals surface area (Å²) in [6, 6.07) is 9.60. The van der Waals surface area contributed by atoms with E-state index in [0.29, 0.717) is 10.8 Å². The second-order valence-corrected chi connectivity index (χ2v) is 10.4. The van der Waals surface area contributed by atoms with E-state index in [4.69, 9.17) is 9.47 Å². The standard InChI is InChI=1S/C11H24.C9H12O2.C6H12.C2H6/c1-9(11(5,6)7)8-10(2,3)4;1-8(10-2)11-9-6-4-3-5-7-9;1-2-4-6-5-3-1;1-2/h9H,8H2,1-7H3;3-8H,1-2H3;1-6H2;1-2H3. The second kappa shape index (κ2) is 17.6. The van der Waals surface area contributed by atoms with Gasteiger partial charge in [0.25, 0.3) is 0 Å². The summed E-state index contributed by atoms with van der Waals surface area (Å²) in [5.41, 5.74) is 0.944. The van der Waals surface area contributed by atoms with Crippen LogP contribution in [-0.4, -0.2) is 13.4 Å². The van der Waals surface area contributed by atoms with E-state index in [1.54, 1.807) is 7.11 Å². The number of methoxy groups -OCH3 is 1. The minimum absolute atomic E-state index is 0.183. The fraction of sp³-hybridized carbons (Fsp3) is 0.786. The molecule has 2 heteroatoms. The Kier molecular flexibility index (Phi) is 18.3. The predicted octanol–water partition coefficient (Wildman–Crippen LogP) is 9.53. The number of benzene rings is 1. The molecule has 2 rings (SSSR count). The van der Waals surface area contributed by atoms with E-state index >= 15 is 0 Å². The third-order valence-electron chi connectivity index (χ3n) is 5.27. The molecule has 1 aliphatic carbocycles. The predicted molar refractivity (Wildman–Crippen MR) is 135 cm³/mol. The van der Waals surface area contributed by atoms with Crippen LogP contribution < -0.4 is 4.74 Å². The third kappa shape index (κ3) is 20.3. The Morgan fingerprint density at radius 3 is 1.43 bits per heavy atom. The molecule has 0 aliphatic heterocycles. The van der Waals surface area contributed by atoms with Gasteiger partial charge in [0.15, 0.2) is 6.29 Å². The second-order valence-electron chi connectivity index (χ2n) is 10.4. The lowest BCUT2D eigenvalue weighted by Crippen LogP contribution is -2.22. The highest BCUT2D eigenvalue weighted by Gasteiger charge is 2.24. The van der Waals surface area contributed by atoms with Gasteiger partial charge in [-0.15, -0.1) is 0 Å². The van der Waals surface area contributed by atoms with E-state index in [9.17, 15) is 0 Å². The average molecular weight is 423 g/mol. The molecule has 1 aromatic rings. The van der Waals surface area contributed by atoms with Gasteiger partial charge in [-0.3, -0.25) is 0 Å². The summed E-state index contributed by atoms with van der Waals surface area (Å²) in [5.74, 6) is 1.64. The summed E-state index contributed by atoms with van der Waals surface area (Å²) >= 11 is 0. The molecule has 0 heterocycles. The zero-order valence-corrected chi connectivity index (χ0v) is 22.3. The highest BCUT2D eigenvalue weighted by Crippen LogP contribution is 2.35. The lowest BCUT2D eigenvalue weighted by Gasteiger charge is -2.32. The quantitative estimate of drug-likeness (QED) is 0.450. The molecule has 0 amide bonds. The van der Waals surface area contributed by atoms with Gasteiger partial charge in [-0.05, 0) is 42.2 Å². The maximum absolute atomic E-state index is 5.34. The van der Waals surface area contributed by atoms with E-state index in [-0.39, 0.29) is 6.29 Å². The first-order valence-electron chi connectivity index (χ1n) is 12.2. The molecule has 0 aromatic heterocycles. The van der Waals surface area contributed by atoms with Crippen molar-refractivity contribution in [2.45, 2.75) is 120 Å². The van der Waals surface area contributed by atoms with Crippen LogP contribution in [0.5, 0.6) is 5.75 Å².